The van der Waals surface area contributed by atoms with Crippen LogP contribution in [0.5, 0.6) is 0 Å². The van der Waals surface area contributed by atoms with Gasteiger partial charge in [0.05, 0.1) is 13.0 Å². The van der Waals surface area contributed by atoms with Crippen molar-refractivity contribution >= 4 is 5.97 Å². The van der Waals surface area contributed by atoms with Crippen molar-refractivity contribution in [3.05, 3.63) is 71.3 Å². The number of hydrogen-bond acceptors (Lipinski definition) is 3. The molecule has 3 heteroatoms. The third kappa shape index (κ3) is 4.64. The Balaban J connectivity index is 1.68. The predicted octanol–water partition coefficient (Wildman–Crippen LogP) is 4.63. The summed E-state index contributed by atoms with van der Waals surface area (Å²) in [6, 6.07) is 19.2. The maximum atomic E-state index is 12.4. The molecule has 2 aromatic carbocycles. The summed E-state index contributed by atoms with van der Waals surface area (Å²) in [7, 11) is 1.49. The minimum absolute atomic E-state index is 0.108. The van der Waals surface area contributed by atoms with Crippen LogP contribution in [0.2, 0.25) is 0 Å². The van der Waals surface area contributed by atoms with Gasteiger partial charge in [-0.15, -0.1) is 0 Å². The summed E-state index contributed by atoms with van der Waals surface area (Å²) in [6.07, 6.45) is 1.84. The number of ether oxygens (including phenoxy) is 1. The monoisotopic (exact) mass is 379 g/mol. The van der Waals surface area contributed by atoms with Gasteiger partial charge in [0.1, 0.15) is 0 Å². The van der Waals surface area contributed by atoms with Crippen molar-refractivity contribution in [2.45, 2.75) is 39.0 Å². The lowest BCUT2D eigenvalue weighted by atomic mass is 9.67. The van der Waals surface area contributed by atoms with Gasteiger partial charge in [-0.05, 0) is 48.8 Å². The van der Waals surface area contributed by atoms with Gasteiger partial charge in [-0.2, -0.15) is 0 Å². The summed E-state index contributed by atoms with van der Waals surface area (Å²) in [4.78, 5) is 14.9. The molecule has 1 saturated heterocycles. The lowest BCUT2D eigenvalue weighted by Gasteiger charge is -2.45. The number of methoxy groups -OCH3 is 1. The molecule has 1 heterocycles. The second kappa shape index (κ2) is 8.91. The number of benzene rings is 2. The van der Waals surface area contributed by atoms with E-state index in [1.54, 1.807) is 0 Å². The van der Waals surface area contributed by atoms with Gasteiger partial charge < -0.3 is 9.64 Å². The van der Waals surface area contributed by atoms with Crippen molar-refractivity contribution in [1.29, 1.82) is 0 Å². The number of rotatable bonds is 6. The van der Waals surface area contributed by atoms with Gasteiger partial charge in [0.25, 0.3) is 0 Å². The summed E-state index contributed by atoms with van der Waals surface area (Å²) >= 11 is 0. The molecule has 1 aliphatic heterocycles. The van der Waals surface area contributed by atoms with Crippen LogP contribution in [0, 0.1) is 18.8 Å². The van der Waals surface area contributed by atoms with E-state index in [4.69, 9.17) is 4.74 Å². The lowest BCUT2D eigenvalue weighted by Crippen LogP contribution is -2.49. The van der Waals surface area contributed by atoms with Crippen LogP contribution < -0.4 is 0 Å². The highest BCUT2D eigenvalue weighted by atomic mass is 16.5. The lowest BCUT2D eigenvalue weighted by molar-refractivity contribution is -0.146. The van der Waals surface area contributed by atoms with E-state index in [-0.39, 0.29) is 17.3 Å². The number of likely N-dealkylation sites (tertiary alicyclic amines) is 1. The summed E-state index contributed by atoms with van der Waals surface area (Å²) in [5.41, 5.74) is 4.13. The third-order valence-corrected chi connectivity index (χ3v) is 6.58. The number of piperidine rings is 1. The molecule has 28 heavy (non-hydrogen) atoms. The standard InChI is InChI=1S/C25H33NO2/c1-19-9-8-12-23(15-19)25(3)13-14-26(17-20(25)2)18-22(24(27)28-4)16-21-10-6-5-7-11-21/h5-12,15,20,22H,13-14,16-18H2,1-4H3. The Bertz CT molecular complexity index is 788. The molecule has 150 valence electrons. The fourth-order valence-corrected chi connectivity index (χ4v) is 4.51. The van der Waals surface area contributed by atoms with Gasteiger partial charge in [0.2, 0.25) is 0 Å². The van der Waals surface area contributed by atoms with Gasteiger partial charge in [0.15, 0.2) is 0 Å². The molecule has 3 atom stereocenters. The minimum atomic E-state index is -0.122. The Morgan fingerprint density at radius 2 is 1.96 bits per heavy atom. The first-order chi connectivity index (χ1) is 13.4. The summed E-state index contributed by atoms with van der Waals surface area (Å²) in [5.74, 6) is 0.296. The molecule has 3 rings (SSSR count). The smallest absolute Gasteiger partial charge is 0.310 e. The van der Waals surface area contributed by atoms with E-state index in [9.17, 15) is 4.79 Å². The topological polar surface area (TPSA) is 29.5 Å². The number of hydrogen-bond donors (Lipinski definition) is 0. The molecular weight excluding hydrogens is 346 g/mol. The average Bonchev–Trinajstić information content (AvgIpc) is 2.70. The molecule has 0 aliphatic carbocycles. The van der Waals surface area contributed by atoms with Crippen molar-refractivity contribution in [2.75, 3.05) is 26.7 Å². The molecular formula is C25H33NO2. The van der Waals surface area contributed by atoms with Crippen LogP contribution in [0.1, 0.15) is 37.0 Å². The highest BCUT2D eigenvalue weighted by Crippen LogP contribution is 2.39. The third-order valence-electron chi connectivity index (χ3n) is 6.58. The molecule has 0 amide bonds. The van der Waals surface area contributed by atoms with Gasteiger partial charge in [-0.25, -0.2) is 0 Å². The maximum absolute atomic E-state index is 12.4. The van der Waals surface area contributed by atoms with Crippen LogP contribution in [-0.2, 0) is 21.4 Å². The van der Waals surface area contributed by atoms with Crippen LogP contribution >= 0.6 is 0 Å². The Morgan fingerprint density at radius 3 is 2.61 bits per heavy atom. The number of nitrogens with zero attached hydrogens (tertiary/aromatic N) is 1. The molecule has 1 fully saturated rings. The number of aryl methyl sites for hydroxylation is 1. The summed E-state index contributed by atoms with van der Waals surface area (Å²) < 4.78 is 5.11. The van der Waals surface area contributed by atoms with E-state index >= 15 is 0 Å². The summed E-state index contributed by atoms with van der Waals surface area (Å²) in [5, 5.41) is 0. The van der Waals surface area contributed by atoms with Crippen LogP contribution in [0.3, 0.4) is 0 Å². The van der Waals surface area contributed by atoms with E-state index in [2.05, 4.69) is 62.1 Å². The van der Waals surface area contributed by atoms with Gasteiger partial charge >= 0.3 is 5.97 Å². The van der Waals surface area contributed by atoms with Gasteiger partial charge in [-0.3, -0.25) is 4.79 Å². The van der Waals surface area contributed by atoms with Crippen molar-refractivity contribution in [2.24, 2.45) is 11.8 Å². The van der Waals surface area contributed by atoms with Crippen LogP contribution in [0.4, 0.5) is 0 Å². The fourth-order valence-electron chi connectivity index (χ4n) is 4.51. The van der Waals surface area contributed by atoms with E-state index in [1.165, 1.54) is 23.8 Å². The van der Waals surface area contributed by atoms with Crippen molar-refractivity contribution < 1.29 is 9.53 Å². The molecule has 0 radical (unpaired) electrons. The van der Waals surface area contributed by atoms with E-state index in [1.807, 2.05) is 18.2 Å². The Kier molecular flexibility index (Phi) is 6.56. The largest absolute Gasteiger partial charge is 0.469 e. The number of carbonyl (C=O) groups is 1. The molecule has 2 aromatic rings. The van der Waals surface area contributed by atoms with Crippen LogP contribution in [-0.4, -0.2) is 37.6 Å². The molecule has 3 unspecified atom stereocenters. The van der Waals surface area contributed by atoms with Gasteiger partial charge in [-0.1, -0.05) is 74.0 Å². The molecule has 0 spiro atoms. The molecule has 1 aliphatic rings. The maximum Gasteiger partial charge on any atom is 0.310 e. The predicted molar refractivity (Wildman–Crippen MR) is 114 cm³/mol. The Morgan fingerprint density at radius 1 is 1.21 bits per heavy atom. The second-order valence-corrected chi connectivity index (χ2v) is 8.61. The normalized spacial score (nSPS) is 23.9. The van der Waals surface area contributed by atoms with Crippen molar-refractivity contribution in [3.63, 3.8) is 0 Å². The van der Waals surface area contributed by atoms with Crippen molar-refractivity contribution in [1.82, 2.24) is 4.90 Å². The van der Waals surface area contributed by atoms with Gasteiger partial charge in [0, 0.05) is 13.1 Å². The number of esters is 1. The number of carbonyl (C=O) groups excluding carboxylic acids is 1. The Hall–Kier alpha value is -2.13. The summed E-state index contributed by atoms with van der Waals surface area (Å²) in [6.45, 7) is 9.68. The molecule has 0 N–H and O–H groups in total. The second-order valence-electron chi connectivity index (χ2n) is 8.61. The van der Waals surface area contributed by atoms with Crippen LogP contribution in [0.25, 0.3) is 0 Å². The zero-order chi connectivity index (χ0) is 20.1. The fraction of sp³-hybridized carbons (Fsp3) is 0.480. The highest BCUT2D eigenvalue weighted by molar-refractivity contribution is 5.73. The Labute approximate surface area is 169 Å². The first kappa shape index (κ1) is 20.6. The van der Waals surface area contributed by atoms with Crippen molar-refractivity contribution in [3.8, 4) is 0 Å². The zero-order valence-corrected chi connectivity index (χ0v) is 17.7. The highest BCUT2D eigenvalue weighted by Gasteiger charge is 2.39. The molecule has 0 aromatic heterocycles. The first-order valence-corrected chi connectivity index (χ1v) is 10.3. The molecule has 0 saturated carbocycles. The average molecular weight is 380 g/mol. The van der Waals surface area contributed by atoms with E-state index in [0.717, 1.165) is 32.5 Å². The SMILES string of the molecule is COC(=O)C(Cc1ccccc1)CN1CCC(C)(c2cccc(C)c2)C(C)C1. The molecule has 0 bridgehead atoms. The van der Waals surface area contributed by atoms with Crippen LogP contribution in [0.15, 0.2) is 54.6 Å². The zero-order valence-electron chi connectivity index (χ0n) is 17.7. The van der Waals surface area contributed by atoms with E-state index in [0.29, 0.717) is 5.92 Å². The molecule has 3 nitrogen and oxygen atoms in total. The quantitative estimate of drug-likeness (QED) is 0.686. The first-order valence-electron chi connectivity index (χ1n) is 10.3. The minimum Gasteiger partial charge on any atom is -0.469 e. The van der Waals surface area contributed by atoms with E-state index < -0.39 is 0 Å².